The maximum absolute atomic E-state index is 11.2. The van der Waals surface area contributed by atoms with Crippen LogP contribution in [-0.4, -0.2) is 18.7 Å². The smallest absolute Gasteiger partial charge is 0.309 e. The standard InChI is InChI=1S/C12H15ClO3/c1-3-15-12(14)7-9(2)16-11-6-4-5-10(13)8-11/h4-6,8-9H,3,7H2,1-2H3. The van der Waals surface area contributed by atoms with Crippen molar-refractivity contribution in [2.24, 2.45) is 0 Å². The lowest BCUT2D eigenvalue weighted by atomic mass is 10.3. The van der Waals surface area contributed by atoms with E-state index in [2.05, 4.69) is 0 Å². The Morgan fingerprint density at radius 3 is 2.88 bits per heavy atom. The second-order valence-corrected chi connectivity index (χ2v) is 3.83. The number of carbonyl (C=O) groups is 1. The summed E-state index contributed by atoms with van der Waals surface area (Å²) < 4.78 is 10.4. The first-order chi connectivity index (χ1) is 7.61. The fourth-order valence-corrected chi connectivity index (χ4v) is 1.45. The molecule has 1 aromatic rings. The van der Waals surface area contributed by atoms with E-state index in [0.717, 1.165) is 0 Å². The predicted molar refractivity (Wildman–Crippen MR) is 62.8 cm³/mol. The zero-order valence-corrected chi connectivity index (χ0v) is 10.2. The van der Waals surface area contributed by atoms with Crippen molar-refractivity contribution in [3.05, 3.63) is 29.3 Å². The minimum Gasteiger partial charge on any atom is -0.490 e. The Hall–Kier alpha value is -1.22. The highest BCUT2D eigenvalue weighted by Crippen LogP contribution is 2.19. The predicted octanol–water partition coefficient (Wildman–Crippen LogP) is 3.06. The number of ether oxygens (including phenoxy) is 2. The lowest BCUT2D eigenvalue weighted by molar-refractivity contribution is -0.144. The zero-order valence-electron chi connectivity index (χ0n) is 9.40. The van der Waals surface area contributed by atoms with Crippen LogP contribution in [0.15, 0.2) is 24.3 Å². The molecule has 88 valence electrons. The van der Waals surface area contributed by atoms with Crippen molar-refractivity contribution in [3.63, 3.8) is 0 Å². The number of hydrogen-bond donors (Lipinski definition) is 0. The van der Waals surface area contributed by atoms with Gasteiger partial charge in [-0.05, 0) is 32.0 Å². The molecule has 0 bridgehead atoms. The molecule has 16 heavy (non-hydrogen) atoms. The maximum Gasteiger partial charge on any atom is 0.309 e. The van der Waals surface area contributed by atoms with Crippen LogP contribution in [-0.2, 0) is 9.53 Å². The lowest BCUT2D eigenvalue weighted by Crippen LogP contribution is -2.18. The maximum atomic E-state index is 11.2. The number of benzene rings is 1. The van der Waals surface area contributed by atoms with Crippen LogP contribution in [0.2, 0.25) is 5.02 Å². The minimum absolute atomic E-state index is 0.225. The summed E-state index contributed by atoms with van der Waals surface area (Å²) in [4.78, 5) is 11.2. The van der Waals surface area contributed by atoms with Crippen LogP contribution >= 0.6 is 11.6 Å². The summed E-state index contributed by atoms with van der Waals surface area (Å²) in [6, 6.07) is 7.08. The Morgan fingerprint density at radius 2 is 2.25 bits per heavy atom. The van der Waals surface area contributed by atoms with Gasteiger partial charge in [0.05, 0.1) is 13.0 Å². The van der Waals surface area contributed by atoms with Crippen molar-refractivity contribution in [1.29, 1.82) is 0 Å². The fourth-order valence-electron chi connectivity index (χ4n) is 1.27. The van der Waals surface area contributed by atoms with Gasteiger partial charge in [0.2, 0.25) is 0 Å². The van der Waals surface area contributed by atoms with E-state index in [9.17, 15) is 4.79 Å². The number of carbonyl (C=O) groups excluding carboxylic acids is 1. The van der Waals surface area contributed by atoms with Crippen molar-refractivity contribution in [3.8, 4) is 5.75 Å². The van der Waals surface area contributed by atoms with Gasteiger partial charge in [-0.2, -0.15) is 0 Å². The van der Waals surface area contributed by atoms with Gasteiger partial charge in [0.1, 0.15) is 11.9 Å². The van der Waals surface area contributed by atoms with E-state index in [4.69, 9.17) is 21.1 Å². The quantitative estimate of drug-likeness (QED) is 0.745. The third-order valence-electron chi connectivity index (χ3n) is 1.89. The Kier molecular flexibility index (Phi) is 5.12. The third kappa shape index (κ3) is 4.53. The van der Waals surface area contributed by atoms with Crippen molar-refractivity contribution >= 4 is 17.6 Å². The topological polar surface area (TPSA) is 35.5 Å². The highest BCUT2D eigenvalue weighted by molar-refractivity contribution is 6.30. The van der Waals surface area contributed by atoms with Crippen molar-refractivity contribution in [1.82, 2.24) is 0 Å². The zero-order chi connectivity index (χ0) is 12.0. The molecule has 1 unspecified atom stereocenters. The van der Waals surface area contributed by atoms with Gasteiger partial charge in [0, 0.05) is 5.02 Å². The molecule has 0 heterocycles. The molecule has 0 aliphatic heterocycles. The number of esters is 1. The van der Waals surface area contributed by atoms with Crippen LogP contribution in [0.25, 0.3) is 0 Å². The molecule has 0 N–H and O–H groups in total. The Balaban J connectivity index is 2.45. The first-order valence-corrected chi connectivity index (χ1v) is 5.57. The normalized spacial score (nSPS) is 11.9. The monoisotopic (exact) mass is 242 g/mol. The minimum atomic E-state index is -0.253. The van der Waals surface area contributed by atoms with Crippen LogP contribution in [0.5, 0.6) is 5.75 Å². The number of rotatable bonds is 5. The Bertz CT molecular complexity index is 352. The van der Waals surface area contributed by atoms with Crippen molar-refractivity contribution < 1.29 is 14.3 Å². The molecule has 0 aliphatic carbocycles. The summed E-state index contributed by atoms with van der Waals surface area (Å²) in [6.07, 6.45) is 0.0119. The van der Waals surface area contributed by atoms with Gasteiger partial charge in [-0.25, -0.2) is 0 Å². The molecule has 3 nitrogen and oxygen atoms in total. The summed E-state index contributed by atoms with van der Waals surface area (Å²) in [5.74, 6) is 0.404. The molecular formula is C12H15ClO3. The molecule has 0 fully saturated rings. The fraction of sp³-hybridized carbons (Fsp3) is 0.417. The van der Waals surface area contributed by atoms with Crippen molar-refractivity contribution in [2.75, 3.05) is 6.61 Å². The van der Waals surface area contributed by atoms with Gasteiger partial charge in [-0.1, -0.05) is 17.7 Å². The van der Waals surface area contributed by atoms with Gasteiger partial charge in [-0.15, -0.1) is 0 Å². The molecule has 0 saturated heterocycles. The summed E-state index contributed by atoms with van der Waals surface area (Å²) in [5, 5.41) is 0.612. The highest BCUT2D eigenvalue weighted by atomic mass is 35.5. The van der Waals surface area contributed by atoms with Gasteiger partial charge >= 0.3 is 5.97 Å². The Labute approximate surface area is 100 Å². The number of hydrogen-bond acceptors (Lipinski definition) is 3. The largest absolute Gasteiger partial charge is 0.490 e. The van der Waals surface area contributed by atoms with Gasteiger partial charge in [0.25, 0.3) is 0 Å². The van der Waals surface area contributed by atoms with E-state index < -0.39 is 0 Å². The molecule has 0 aromatic heterocycles. The van der Waals surface area contributed by atoms with Gasteiger partial charge < -0.3 is 9.47 Å². The van der Waals surface area contributed by atoms with Crippen LogP contribution in [0.1, 0.15) is 20.3 Å². The summed E-state index contributed by atoms with van der Waals surface area (Å²) in [6.45, 7) is 3.99. The second-order valence-electron chi connectivity index (χ2n) is 3.39. The van der Waals surface area contributed by atoms with Gasteiger partial charge in [-0.3, -0.25) is 4.79 Å². The first kappa shape index (κ1) is 12.8. The summed E-state index contributed by atoms with van der Waals surface area (Å²) >= 11 is 5.81. The second kappa shape index (κ2) is 6.38. The van der Waals surface area contributed by atoms with E-state index in [1.165, 1.54) is 0 Å². The first-order valence-electron chi connectivity index (χ1n) is 5.19. The summed E-state index contributed by atoms with van der Waals surface area (Å²) in [5.41, 5.74) is 0. The molecule has 1 atom stereocenters. The van der Waals surface area contributed by atoms with Gasteiger partial charge in [0.15, 0.2) is 0 Å². The van der Waals surface area contributed by atoms with Crippen LogP contribution in [0.3, 0.4) is 0 Å². The Morgan fingerprint density at radius 1 is 1.50 bits per heavy atom. The molecular weight excluding hydrogens is 228 g/mol. The highest BCUT2D eigenvalue weighted by Gasteiger charge is 2.11. The number of halogens is 1. The van der Waals surface area contributed by atoms with E-state index in [-0.39, 0.29) is 18.5 Å². The molecule has 0 aliphatic rings. The molecule has 0 saturated carbocycles. The van der Waals surface area contributed by atoms with E-state index in [1.807, 2.05) is 6.92 Å². The van der Waals surface area contributed by atoms with E-state index >= 15 is 0 Å². The average Bonchev–Trinajstić information content (AvgIpc) is 2.17. The lowest BCUT2D eigenvalue weighted by Gasteiger charge is -2.13. The SMILES string of the molecule is CCOC(=O)CC(C)Oc1cccc(Cl)c1. The van der Waals surface area contributed by atoms with Crippen LogP contribution in [0.4, 0.5) is 0 Å². The molecule has 0 amide bonds. The third-order valence-corrected chi connectivity index (χ3v) is 2.13. The molecule has 0 spiro atoms. The molecule has 4 heteroatoms. The van der Waals surface area contributed by atoms with Crippen LogP contribution < -0.4 is 4.74 Å². The van der Waals surface area contributed by atoms with E-state index in [1.54, 1.807) is 31.2 Å². The van der Waals surface area contributed by atoms with E-state index in [0.29, 0.717) is 17.4 Å². The molecule has 1 aromatic carbocycles. The molecule has 1 rings (SSSR count). The summed E-state index contributed by atoms with van der Waals surface area (Å²) in [7, 11) is 0. The van der Waals surface area contributed by atoms with Crippen LogP contribution in [0, 0.1) is 0 Å². The van der Waals surface area contributed by atoms with Crippen molar-refractivity contribution in [2.45, 2.75) is 26.4 Å². The average molecular weight is 243 g/mol. The molecule has 0 radical (unpaired) electrons.